The van der Waals surface area contributed by atoms with Crippen LogP contribution in [0.15, 0.2) is 24.3 Å². The first-order chi connectivity index (χ1) is 22.6. The minimum absolute atomic E-state index is 0.0223. The zero-order valence-corrected chi connectivity index (χ0v) is 30.9. The fourth-order valence-electron chi connectivity index (χ4n) is 6.21. The highest BCUT2D eigenvalue weighted by Crippen LogP contribution is 2.18. The van der Waals surface area contributed by atoms with Gasteiger partial charge in [0.25, 0.3) is 0 Å². The molecular formula is C42H78O4. The summed E-state index contributed by atoms with van der Waals surface area (Å²) in [5, 5.41) is 8.66. The molecule has 0 aliphatic carbocycles. The zero-order chi connectivity index (χ0) is 33.6. The van der Waals surface area contributed by atoms with Crippen LogP contribution in [0.5, 0.6) is 0 Å². The number of carbonyl (C=O) groups is 2. The van der Waals surface area contributed by atoms with E-state index in [-0.39, 0.29) is 12.1 Å². The first-order valence-corrected chi connectivity index (χ1v) is 20.3. The summed E-state index contributed by atoms with van der Waals surface area (Å²) in [4.78, 5) is 22.9. The first kappa shape index (κ1) is 44.4. The number of unbranched alkanes of at least 4 members (excludes halogenated alkanes) is 24. The Morgan fingerprint density at radius 1 is 0.478 bits per heavy atom. The van der Waals surface area contributed by atoms with Gasteiger partial charge in [0.1, 0.15) is 6.10 Å². The van der Waals surface area contributed by atoms with E-state index < -0.39 is 5.97 Å². The Hall–Kier alpha value is -1.58. The molecule has 0 radical (unpaired) electrons. The van der Waals surface area contributed by atoms with Crippen molar-refractivity contribution < 1.29 is 19.4 Å². The van der Waals surface area contributed by atoms with Crippen LogP contribution in [0.3, 0.4) is 0 Å². The summed E-state index contributed by atoms with van der Waals surface area (Å²) >= 11 is 0. The summed E-state index contributed by atoms with van der Waals surface area (Å²) < 4.78 is 5.88. The van der Waals surface area contributed by atoms with Gasteiger partial charge in [0.05, 0.1) is 0 Å². The molecule has 46 heavy (non-hydrogen) atoms. The Kier molecular flexibility index (Phi) is 36.6. The molecule has 0 spiro atoms. The lowest BCUT2D eigenvalue weighted by molar-refractivity contribution is -0.150. The van der Waals surface area contributed by atoms with Crippen molar-refractivity contribution in [3.63, 3.8) is 0 Å². The van der Waals surface area contributed by atoms with Gasteiger partial charge >= 0.3 is 11.9 Å². The maximum Gasteiger partial charge on any atom is 0.306 e. The molecule has 0 aromatic carbocycles. The third kappa shape index (κ3) is 36.9. The van der Waals surface area contributed by atoms with Gasteiger partial charge in [-0.25, -0.2) is 0 Å². The molecule has 0 aliphatic heterocycles. The first-order valence-electron chi connectivity index (χ1n) is 20.3. The van der Waals surface area contributed by atoms with Crippen LogP contribution >= 0.6 is 0 Å². The van der Waals surface area contributed by atoms with Gasteiger partial charge in [0.15, 0.2) is 0 Å². The van der Waals surface area contributed by atoms with Gasteiger partial charge in [-0.05, 0) is 64.2 Å². The number of carbonyl (C=O) groups excluding carboxylic acids is 1. The van der Waals surface area contributed by atoms with Crippen molar-refractivity contribution in [3.8, 4) is 0 Å². The molecule has 0 aliphatic rings. The molecule has 0 aromatic rings. The fourth-order valence-corrected chi connectivity index (χ4v) is 6.21. The summed E-state index contributed by atoms with van der Waals surface area (Å²) in [6, 6.07) is 0. The van der Waals surface area contributed by atoms with Crippen molar-refractivity contribution in [2.24, 2.45) is 0 Å². The molecule has 0 heterocycles. The third-order valence-corrected chi connectivity index (χ3v) is 9.16. The van der Waals surface area contributed by atoms with Gasteiger partial charge < -0.3 is 9.84 Å². The van der Waals surface area contributed by atoms with E-state index in [9.17, 15) is 9.59 Å². The van der Waals surface area contributed by atoms with Crippen molar-refractivity contribution in [1.29, 1.82) is 0 Å². The number of hydrogen-bond acceptors (Lipinski definition) is 3. The molecule has 0 aromatic heterocycles. The van der Waals surface area contributed by atoms with E-state index in [2.05, 4.69) is 38.2 Å². The third-order valence-electron chi connectivity index (χ3n) is 9.16. The SMILES string of the molecule is CCCCC/C=C\C/C=C\CCCCCCCC(=O)OC(CCC)CCCCCCCCCCCCCCCCCCCC(=O)O. The van der Waals surface area contributed by atoms with Crippen LogP contribution in [0.25, 0.3) is 0 Å². The number of aliphatic carboxylic acids is 1. The van der Waals surface area contributed by atoms with Crippen molar-refractivity contribution in [3.05, 3.63) is 24.3 Å². The largest absolute Gasteiger partial charge is 0.481 e. The maximum absolute atomic E-state index is 12.4. The minimum Gasteiger partial charge on any atom is -0.481 e. The van der Waals surface area contributed by atoms with Crippen LogP contribution in [0.4, 0.5) is 0 Å². The predicted octanol–water partition coefficient (Wildman–Crippen LogP) is 14.0. The summed E-state index contributed by atoms with van der Waals surface area (Å²) in [7, 11) is 0. The van der Waals surface area contributed by atoms with Crippen molar-refractivity contribution in [2.75, 3.05) is 0 Å². The summed E-state index contributed by atoms with van der Waals surface area (Å²) in [5.74, 6) is -0.640. The molecule has 1 atom stereocenters. The lowest BCUT2D eigenvalue weighted by atomic mass is 10.0. The molecule has 0 saturated carbocycles. The Labute approximate surface area is 287 Å². The van der Waals surface area contributed by atoms with Gasteiger partial charge in [-0.15, -0.1) is 0 Å². The lowest BCUT2D eigenvalue weighted by Crippen LogP contribution is -2.18. The van der Waals surface area contributed by atoms with Crippen molar-refractivity contribution >= 4 is 11.9 Å². The van der Waals surface area contributed by atoms with Crippen molar-refractivity contribution in [1.82, 2.24) is 0 Å². The second-order valence-corrected chi connectivity index (χ2v) is 13.8. The lowest BCUT2D eigenvalue weighted by Gasteiger charge is -2.17. The topological polar surface area (TPSA) is 63.6 Å². The average Bonchev–Trinajstić information content (AvgIpc) is 3.03. The smallest absolute Gasteiger partial charge is 0.306 e. The van der Waals surface area contributed by atoms with Crippen LogP contribution < -0.4 is 0 Å². The van der Waals surface area contributed by atoms with Crippen LogP contribution in [-0.2, 0) is 14.3 Å². The Morgan fingerprint density at radius 2 is 0.891 bits per heavy atom. The monoisotopic (exact) mass is 647 g/mol. The minimum atomic E-state index is -0.662. The van der Waals surface area contributed by atoms with E-state index in [1.54, 1.807) is 0 Å². The molecule has 0 saturated heterocycles. The van der Waals surface area contributed by atoms with Gasteiger partial charge in [-0.2, -0.15) is 0 Å². The second-order valence-electron chi connectivity index (χ2n) is 13.8. The van der Waals surface area contributed by atoms with Crippen LogP contribution in [0.1, 0.15) is 226 Å². The normalized spacial score (nSPS) is 12.4. The molecule has 0 bridgehead atoms. The summed E-state index contributed by atoms with van der Waals surface area (Å²) in [5.41, 5.74) is 0. The standard InChI is InChI=1S/C42H78O4/c1-3-5-6-7-8-9-10-11-15-20-23-26-29-32-35-39-42(45)46-40(36-4-2)37-33-30-27-24-21-18-16-13-12-14-17-19-22-25-28-31-34-38-41(43)44/h8-9,11,15,40H,3-7,10,12-14,16-39H2,1-2H3,(H,43,44)/b9-8-,15-11-. The Bertz CT molecular complexity index is 698. The molecular weight excluding hydrogens is 568 g/mol. The number of carboxylic acids is 1. The molecule has 1 N–H and O–H groups in total. The zero-order valence-electron chi connectivity index (χ0n) is 30.9. The van der Waals surface area contributed by atoms with E-state index in [1.165, 1.54) is 148 Å². The van der Waals surface area contributed by atoms with Crippen LogP contribution in [-0.4, -0.2) is 23.1 Å². The molecule has 0 amide bonds. The van der Waals surface area contributed by atoms with Gasteiger partial charge in [0.2, 0.25) is 0 Å². The van der Waals surface area contributed by atoms with Gasteiger partial charge in [-0.3, -0.25) is 9.59 Å². The van der Waals surface area contributed by atoms with E-state index >= 15 is 0 Å². The Morgan fingerprint density at radius 3 is 1.35 bits per heavy atom. The summed E-state index contributed by atoms with van der Waals surface area (Å²) in [6.07, 6.45) is 48.4. The molecule has 0 rings (SSSR count). The quantitative estimate of drug-likeness (QED) is 0.0414. The van der Waals surface area contributed by atoms with Crippen molar-refractivity contribution in [2.45, 2.75) is 232 Å². The Balaban J connectivity index is 3.52. The van der Waals surface area contributed by atoms with E-state index in [0.29, 0.717) is 12.8 Å². The molecule has 4 nitrogen and oxygen atoms in total. The number of esters is 1. The van der Waals surface area contributed by atoms with E-state index in [0.717, 1.165) is 51.4 Å². The number of rotatable bonds is 37. The highest BCUT2D eigenvalue weighted by Gasteiger charge is 2.13. The fraction of sp³-hybridized carbons (Fsp3) is 0.857. The number of carboxylic acid groups (broad SMARTS) is 1. The molecule has 4 heteroatoms. The van der Waals surface area contributed by atoms with Crippen LogP contribution in [0, 0.1) is 0 Å². The summed E-state index contributed by atoms with van der Waals surface area (Å²) in [6.45, 7) is 4.44. The number of allylic oxidation sites excluding steroid dienone is 4. The van der Waals surface area contributed by atoms with Gasteiger partial charge in [0, 0.05) is 12.8 Å². The predicted molar refractivity (Wildman–Crippen MR) is 200 cm³/mol. The van der Waals surface area contributed by atoms with E-state index in [1.807, 2.05) is 0 Å². The maximum atomic E-state index is 12.4. The highest BCUT2D eigenvalue weighted by atomic mass is 16.5. The van der Waals surface area contributed by atoms with Gasteiger partial charge in [-0.1, -0.05) is 173 Å². The number of hydrogen-bond donors (Lipinski definition) is 1. The van der Waals surface area contributed by atoms with E-state index in [4.69, 9.17) is 9.84 Å². The molecule has 1 unspecified atom stereocenters. The average molecular weight is 647 g/mol. The molecule has 0 fully saturated rings. The van der Waals surface area contributed by atoms with Crippen LogP contribution in [0.2, 0.25) is 0 Å². The second kappa shape index (κ2) is 37.9. The molecule has 270 valence electrons. The highest BCUT2D eigenvalue weighted by molar-refractivity contribution is 5.69. The number of ether oxygens (including phenoxy) is 1.